The highest BCUT2D eigenvalue weighted by atomic mass is 127. The summed E-state index contributed by atoms with van der Waals surface area (Å²) < 4.78 is 17.8. The lowest BCUT2D eigenvalue weighted by Crippen LogP contribution is -2.05. The molecule has 0 fully saturated rings. The van der Waals surface area contributed by atoms with Crippen LogP contribution in [0.25, 0.3) is 6.08 Å². The van der Waals surface area contributed by atoms with Gasteiger partial charge in [0.05, 0.1) is 12.1 Å². The lowest BCUT2D eigenvalue weighted by Gasteiger charge is -2.13. The zero-order chi connectivity index (χ0) is 21.8. The molecule has 156 valence electrons. The van der Waals surface area contributed by atoms with Gasteiger partial charge in [-0.1, -0.05) is 41.9 Å². The molecule has 4 rings (SSSR count). The number of carbonyl (C=O) groups is 1. The number of hydrogen-bond acceptors (Lipinski definition) is 5. The van der Waals surface area contributed by atoms with E-state index in [1.54, 1.807) is 18.2 Å². The molecule has 5 nitrogen and oxygen atoms in total. The van der Waals surface area contributed by atoms with Crippen LogP contribution < -0.4 is 9.47 Å². The Labute approximate surface area is 198 Å². The van der Waals surface area contributed by atoms with Crippen molar-refractivity contribution in [3.8, 4) is 11.5 Å². The molecule has 0 atom stereocenters. The largest absolute Gasteiger partial charge is 0.493 e. The summed E-state index contributed by atoms with van der Waals surface area (Å²) in [6.07, 6.45) is 1.61. The first-order chi connectivity index (χ1) is 15.0. The lowest BCUT2D eigenvalue weighted by atomic mass is 10.1. The molecule has 1 heterocycles. The molecule has 0 amide bonds. The second-order valence-electron chi connectivity index (χ2n) is 6.65. The van der Waals surface area contributed by atoms with Gasteiger partial charge in [-0.25, -0.2) is 9.79 Å². The summed E-state index contributed by atoms with van der Waals surface area (Å²) in [6.45, 7) is 0.352. The van der Waals surface area contributed by atoms with E-state index in [9.17, 15) is 4.79 Å². The van der Waals surface area contributed by atoms with Gasteiger partial charge in [0, 0.05) is 9.13 Å². The molecule has 1 aliphatic heterocycles. The minimum atomic E-state index is -0.520. The van der Waals surface area contributed by atoms with Gasteiger partial charge in [0.1, 0.15) is 6.61 Å². The maximum atomic E-state index is 12.3. The van der Waals surface area contributed by atoms with E-state index in [2.05, 4.69) is 27.6 Å². The van der Waals surface area contributed by atoms with Crippen molar-refractivity contribution >= 4 is 52.1 Å². The summed E-state index contributed by atoms with van der Waals surface area (Å²) in [5.74, 6) is 0.649. The van der Waals surface area contributed by atoms with Crippen LogP contribution in [0.4, 0.5) is 0 Å². The normalized spacial score (nSPS) is 14.4. The molecule has 3 aromatic carbocycles. The highest BCUT2D eigenvalue weighted by molar-refractivity contribution is 14.1. The third-order valence-electron chi connectivity index (χ3n) is 4.49. The number of aliphatic imine (C=N–C) groups is 1. The van der Waals surface area contributed by atoms with Crippen LogP contribution >= 0.6 is 34.2 Å². The van der Waals surface area contributed by atoms with Gasteiger partial charge in [0.25, 0.3) is 0 Å². The fourth-order valence-corrected chi connectivity index (χ4v) is 3.60. The van der Waals surface area contributed by atoms with Gasteiger partial charge in [-0.2, -0.15) is 0 Å². The van der Waals surface area contributed by atoms with Crippen molar-refractivity contribution in [1.29, 1.82) is 0 Å². The number of halogens is 2. The van der Waals surface area contributed by atoms with Crippen LogP contribution in [0.3, 0.4) is 0 Å². The summed E-state index contributed by atoms with van der Waals surface area (Å²) >= 11 is 8.72. The van der Waals surface area contributed by atoms with E-state index in [0.717, 1.165) is 14.7 Å². The number of carbonyl (C=O) groups excluding carboxylic acids is 1. The summed E-state index contributed by atoms with van der Waals surface area (Å²) in [5, 5.41) is 0.371. The molecule has 31 heavy (non-hydrogen) atoms. The van der Waals surface area contributed by atoms with Crippen LogP contribution in [0.2, 0.25) is 5.02 Å². The van der Waals surface area contributed by atoms with Crippen LogP contribution in [-0.4, -0.2) is 19.0 Å². The van der Waals surface area contributed by atoms with Crippen molar-refractivity contribution in [3.05, 3.63) is 97.7 Å². The van der Waals surface area contributed by atoms with Crippen LogP contribution in [0.15, 0.2) is 77.4 Å². The van der Waals surface area contributed by atoms with Gasteiger partial charge < -0.3 is 14.2 Å². The van der Waals surface area contributed by atoms with Crippen molar-refractivity contribution in [2.75, 3.05) is 7.11 Å². The van der Waals surface area contributed by atoms with Gasteiger partial charge >= 0.3 is 5.97 Å². The number of nitrogens with zero attached hydrogens (tertiary/aromatic N) is 1. The Bertz CT molecular complexity index is 1170. The van der Waals surface area contributed by atoms with Crippen molar-refractivity contribution in [1.82, 2.24) is 0 Å². The maximum absolute atomic E-state index is 12.3. The Morgan fingerprint density at radius 3 is 2.55 bits per heavy atom. The Morgan fingerprint density at radius 2 is 1.84 bits per heavy atom. The van der Waals surface area contributed by atoms with Crippen LogP contribution in [-0.2, 0) is 16.1 Å². The smallest absolute Gasteiger partial charge is 0.363 e. The zero-order valence-electron chi connectivity index (χ0n) is 16.5. The van der Waals surface area contributed by atoms with Gasteiger partial charge in [-0.15, -0.1) is 0 Å². The average molecular weight is 546 g/mol. The molecule has 0 saturated heterocycles. The Balaban J connectivity index is 1.58. The summed E-state index contributed by atoms with van der Waals surface area (Å²) in [7, 11) is 1.54. The first kappa shape index (κ1) is 21.4. The second kappa shape index (κ2) is 9.53. The Hall–Kier alpha value is -2.84. The number of benzene rings is 3. The standard InChI is InChI=1S/C24H17ClINO4/c1-29-21-13-16(11-19(25)22(21)30-14-15-7-9-18(26)10-8-15)12-20-24(28)31-23(27-20)17-5-3-2-4-6-17/h2-13H,14H2,1H3/b20-12-. The first-order valence-electron chi connectivity index (χ1n) is 9.36. The molecule has 0 radical (unpaired) electrons. The van der Waals surface area contributed by atoms with Crippen LogP contribution in [0, 0.1) is 3.57 Å². The van der Waals surface area contributed by atoms with E-state index < -0.39 is 5.97 Å². The minimum absolute atomic E-state index is 0.185. The molecule has 7 heteroatoms. The Kier molecular flexibility index (Phi) is 6.58. The summed E-state index contributed by atoms with van der Waals surface area (Å²) in [6, 6.07) is 20.7. The summed E-state index contributed by atoms with van der Waals surface area (Å²) in [4.78, 5) is 16.6. The zero-order valence-corrected chi connectivity index (χ0v) is 19.4. The number of hydrogen-bond donors (Lipinski definition) is 0. The molecule has 0 aromatic heterocycles. The molecule has 0 saturated carbocycles. The third kappa shape index (κ3) is 5.08. The lowest BCUT2D eigenvalue weighted by molar-refractivity contribution is -0.129. The van der Waals surface area contributed by atoms with Gasteiger partial charge in [0.15, 0.2) is 17.2 Å². The molecule has 0 unspecified atom stereocenters. The fourth-order valence-electron chi connectivity index (χ4n) is 2.97. The molecule has 0 N–H and O–H groups in total. The van der Waals surface area contributed by atoms with Crippen molar-refractivity contribution in [3.63, 3.8) is 0 Å². The van der Waals surface area contributed by atoms with Gasteiger partial charge in [-0.05, 0) is 76.2 Å². The third-order valence-corrected chi connectivity index (χ3v) is 5.49. The van der Waals surface area contributed by atoms with Crippen LogP contribution in [0.5, 0.6) is 11.5 Å². The number of rotatable bonds is 6. The van der Waals surface area contributed by atoms with E-state index in [0.29, 0.717) is 28.7 Å². The molecule has 3 aromatic rings. The SMILES string of the molecule is COc1cc(/C=C2\N=C(c3ccccc3)OC2=O)cc(Cl)c1OCc1ccc(I)cc1. The fraction of sp³-hybridized carbons (Fsp3) is 0.0833. The van der Waals surface area contributed by atoms with E-state index >= 15 is 0 Å². The quantitative estimate of drug-likeness (QED) is 0.221. The van der Waals surface area contributed by atoms with E-state index in [-0.39, 0.29) is 11.6 Å². The monoisotopic (exact) mass is 545 g/mol. The van der Waals surface area contributed by atoms with Crippen molar-refractivity contribution in [2.45, 2.75) is 6.61 Å². The average Bonchev–Trinajstić information content (AvgIpc) is 3.14. The molecule has 0 bridgehead atoms. The first-order valence-corrected chi connectivity index (χ1v) is 10.8. The van der Waals surface area contributed by atoms with Gasteiger partial charge in [-0.3, -0.25) is 0 Å². The predicted molar refractivity (Wildman–Crippen MR) is 129 cm³/mol. The maximum Gasteiger partial charge on any atom is 0.363 e. The molecule has 0 spiro atoms. The topological polar surface area (TPSA) is 57.1 Å². The van der Waals surface area contributed by atoms with E-state index in [4.69, 9.17) is 25.8 Å². The number of cyclic esters (lactones) is 1. The molecular formula is C24H17ClINO4. The minimum Gasteiger partial charge on any atom is -0.493 e. The van der Waals surface area contributed by atoms with Crippen LogP contribution in [0.1, 0.15) is 16.7 Å². The van der Waals surface area contributed by atoms with Crippen molar-refractivity contribution in [2.24, 2.45) is 4.99 Å². The van der Waals surface area contributed by atoms with Crippen molar-refractivity contribution < 1.29 is 19.0 Å². The molecule has 0 aliphatic carbocycles. The number of esters is 1. The second-order valence-corrected chi connectivity index (χ2v) is 8.30. The summed E-state index contributed by atoms with van der Waals surface area (Å²) in [5.41, 5.74) is 2.58. The van der Waals surface area contributed by atoms with Gasteiger partial charge in [0.2, 0.25) is 5.90 Å². The number of ether oxygens (including phenoxy) is 3. The Morgan fingerprint density at radius 1 is 1.10 bits per heavy atom. The van der Waals surface area contributed by atoms with E-state index in [1.165, 1.54) is 7.11 Å². The van der Waals surface area contributed by atoms with E-state index in [1.807, 2.05) is 54.6 Å². The molecule has 1 aliphatic rings. The molecular weight excluding hydrogens is 529 g/mol. The number of methoxy groups -OCH3 is 1. The predicted octanol–water partition coefficient (Wildman–Crippen LogP) is 5.88. The highest BCUT2D eigenvalue weighted by Crippen LogP contribution is 2.38. The highest BCUT2D eigenvalue weighted by Gasteiger charge is 2.24.